The van der Waals surface area contributed by atoms with E-state index in [4.69, 9.17) is 20.8 Å². The first kappa shape index (κ1) is 31.0. The van der Waals surface area contributed by atoms with Crippen LogP contribution in [0, 0.1) is 11.6 Å². The maximum Gasteiger partial charge on any atom is 0.201 e. The summed E-state index contributed by atoms with van der Waals surface area (Å²) in [6.07, 6.45) is 7.15. The Balaban J connectivity index is 0.000000226. The minimum atomic E-state index is -1.59. The summed E-state index contributed by atoms with van der Waals surface area (Å²) in [4.78, 5) is 38.9. The molecule has 4 aromatic heterocycles. The standard InChI is InChI=1S/C23H18N6S.C8H4F2O3.CH5N/c24-20-17(5-2-10-25-20)21-27-18-8-9-19(23-26-11-12-30-23)28-22(18)29(21)16-7-6-14-3-1-4-15(14)13-16;9-6-4(2-11)1-5(3-12)8(13)7(6)10;1-2/h2,5-13H,1,3-4H2,(H2,24,25);1-3,13H;2H2,1H3. The minimum Gasteiger partial charge on any atom is -0.504 e. The van der Waals surface area contributed by atoms with Crippen molar-refractivity contribution in [3.8, 4) is 33.5 Å². The largest absolute Gasteiger partial charge is 0.504 e. The first-order valence-electron chi connectivity index (χ1n) is 13.7. The SMILES string of the molecule is CN.Nc1ncccc1-c1nc2ccc(-c3nccs3)nc2n1-c1ccc2c(c1)CCC2.O=Cc1cc(C=O)c(F)c(F)c1O. The van der Waals surface area contributed by atoms with E-state index in [1.807, 2.05) is 29.6 Å². The lowest BCUT2D eigenvalue weighted by Gasteiger charge is -2.12. The molecular formula is C32H27F2N7O3S. The van der Waals surface area contributed by atoms with Crippen molar-refractivity contribution < 1.29 is 23.5 Å². The summed E-state index contributed by atoms with van der Waals surface area (Å²) in [5.74, 6) is -2.93. The first-order chi connectivity index (χ1) is 21.9. The molecule has 13 heteroatoms. The number of aryl methyl sites for hydroxylation is 2. The number of halogens is 2. The second kappa shape index (κ2) is 13.5. The fourth-order valence-corrected chi connectivity index (χ4v) is 5.59. The average Bonchev–Trinajstić information content (AvgIpc) is 3.85. The van der Waals surface area contributed by atoms with Crippen molar-refractivity contribution in [2.24, 2.45) is 5.73 Å². The molecule has 10 nitrogen and oxygen atoms in total. The van der Waals surface area contributed by atoms with Crippen LogP contribution in [0.5, 0.6) is 5.75 Å². The molecule has 6 aromatic rings. The average molecular weight is 628 g/mol. The highest BCUT2D eigenvalue weighted by Gasteiger charge is 2.21. The van der Waals surface area contributed by atoms with Gasteiger partial charge in [0.15, 0.2) is 35.6 Å². The molecule has 0 fully saturated rings. The van der Waals surface area contributed by atoms with Crippen molar-refractivity contribution in [3.63, 3.8) is 0 Å². The number of nitrogens with zero attached hydrogens (tertiary/aromatic N) is 5. The first-order valence-corrected chi connectivity index (χ1v) is 14.6. The van der Waals surface area contributed by atoms with Crippen LogP contribution in [0.4, 0.5) is 14.6 Å². The van der Waals surface area contributed by atoms with E-state index in [0.29, 0.717) is 5.82 Å². The van der Waals surface area contributed by atoms with Crippen molar-refractivity contribution >= 4 is 40.9 Å². The van der Waals surface area contributed by atoms with Crippen LogP contribution in [0.2, 0.25) is 0 Å². The van der Waals surface area contributed by atoms with Gasteiger partial charge in [-0.2, -0.15) is 4.39 Å². The smallest absolute Gasteiger partial charge is 0.201 e. The quantitative estimate of drug-likeness (QED) is 0.208. The number of imidazole rings is 1. The van der Waals surface area contributed by atoms with Crippen molar-refractivity contribution in [3.05, 3.63) is 100 Å². The minimum absolute atomic E-state index is 0.0604. The molecule has 1 aliphatic carbocycles. The molecule has 5 N–H and O–H groups in total. The monoisotopic (exact) mass is 627 g/mol. The highest BCUT2D eigenvalue weighted by atomic mass is 32.1. The number of pyridine rings is 2. The summed E-state index contributed by atoms with van der Waals surface area (Å²) in [5.41, 5.74) is 16.8. The molecular weight excluding hydrogens is 600 g/mol. The highest BCUT2D eigenvalue weighted by Crippen LogP contribution is 2.33. The summed E-state index contributed by atoms with van der Waals surface area (Å²) in [7, 11) is 1.50. The lowest BCUT2D eigenvalue weighted by molar-refractivity contribution is 0.111. The number of phenols is 1. The van der Waals surface area contributed by atoms with Crippen LogP contribution >= 0.6 is 11.3 Å². The van der Waals surface area contributed by atoms with Gasteiger partial charge in [-0.25, -0.2) is 24.3 Å². The normalized spacial score (nSPS) is 11.6. The van der Waals surface area contributed by atoms with Crippen LogP contribution in [-0.2, 0) is 12.8 Å². The molecule has 0 spiro atoms. The number of nitrogens with two attached hydrogens (primary N) is 2. The number of anilines is 1. The summed E-state index contributed by atoms with van der Waals surface area (Å²) in [6.45, 7) is 0. The van der Waals surface area contributed by atoms with E-state index in [2.05, 4.69) is 38.5 Å². The van der Waals surface area contributed by atoms with E-state index in [9.17, 15) is 18.4 Å². The number of aromatic nitrogens is 5. The second-order valence-corrected chi connectivity index (χ2v) is 10.6. The Bertz CT molecular complexity index is 1980. The predicted molar refractivity (Wildman–Crippen MR) is 169 cm³/mol. The number of carbonyl (C=O) groups is 2. The lowest BCUT2D eigenvalue weighted by atomic mass is 10.1. The number of aromatic hydroxyl groups is 1. The number of benzene rings is 2. The Labute approximate surface area is 260 Å². The van der Waals surface area contributed by atoms with E-state index in [1.54, 1.807) is 23.7 Å². The zero-order chi connectivity index (χ0) is 32.1. The number of aldehydes is 2. The molecule has 0 unspecified atom stereocenters. The highest BCUT2D eigenvalue weighted by molar-refractivity contribution is 7.13. The van der Waals surface area contributed by atoms with Crippen molar-refractivity contribution in [2.75, 3.05) is 12.8 Å². The Kier molecular flexibility index (Phi) is 9.31. The Morgan fingerprint density at radius 1 is 0.911 bits per heavy atom. The molecule has 0 atom stereocenters. The van der Waals surface area contributed by atoms with Crippen LogP contribution < -0.4 is 11.5 Å². The number of fused-ring (bicyclic) bond motifs is 2. The summed E-state index contributed by atoms with van der Waals surface area (Å²) < 4.78 is 27.5. The third-order valence-electron chi connectivity index (χ3n) is 7.07. The van der Waals surface area contributed by atoms with Gasteiger partial charge in [0.1, 0.15) is 22.0 Å². The number of hydrogen-bond donors (Lipinski definition) is 3. The van der Waals surface area contributed by atoms with Gasteiger partial charge in [0.05, 0.1) is 16.7 Å². The number of rotatable bonds is 5. The maximum atomic E-state index is 12.7. The predicted octanol–water partition coefficient (Wildman–Crippen LogP) is 5.55. The molecule has 2 aromatic carbocycles. The topological polar surface area (TPSA) is 163 Å². The molecule has 4 heterocycles. The van der Waals surface area contributed by atoms with Crippen LogP contribution in [0.3, 0.4) is 0 Å². The number of nitrogen functional groups attached to an aromatic ring is 1. The summed E-state index contributed by atoms with van der Waals surface area (Å²) in [6, 6.07) is 15.2. The Morgan fingerprint density at radius 3 is 2.40 bits per heavy atom. The van der Waals surface area contributed by atoms with Gasteiger partial charge in [-0.15, -0.1) is 11.3 Å². The summed E-state index contributed by atoms with van der Waals surface area (Å²) >= 11 is 1.57. The third-order valence-corrected chi connectivity index (χ3v) is 7.86. The van der Waals surface area contributed by atoms with Gasteiger partial charge in [-0.1, -0.05) is 6.07 Å². The number of thiazole rings is 1. The van der Waals surface area contributed by atoms with Crippen LogP contribution in [0.15, 0.2) is 66.3 Å². The fourth-order valence-electron chi connectivity index (χ4n) is 4.99. The lowest BCUT2D eigenvalue weighted by Crippen LogP contribution is -2.03. The number of phenolic OH excluding ortho intramolecular Hbond substituents is 1. The zero-order valence-electron chi connectivity index (χ0n) is 23.9. The maximum absolute atomic E-state index is 12.7. The second-order valence-electron chi connectivity index (χ2n) is 9.66. The van der Waals surface area contributed by atoms with Crippen LogP contribution in [0.1, 0.15) is 38.3 Å². The van der Waals surface area contributed by atoms with E-state index in [-0.39, 0.29) is 12.6 Å². The van der Waals surface area contributed by atoms with Gasteiger partial charge in [0, 0.05) is 23.5 Å². The summed E-state index contributed by atoms with van der Waals surface area (Å²) in [5, 5.41) is 11.7. The molecule has 0 amide bonds. The molecule has 0 bridgehead atoms. The fraction of sp³-hybridized carbons (Fsp3) is 0.125. The molecule has 7 rings (SSSR count). The van der Waals surface area contributed by atoms with Gasteiger partial charge in [0.2, 0.25) is 5.82 Å². The molecule has 45 heavy (non-hydrogen) atoms. The molecule has 0 aliphatic heterocycles. The zero-order valence-corrected chi connectivity index (χ0v) is 24.8. The van der Waals surface area contributed by atoms with Crippen molar-refractivity contribution in [1.29, 1.82) is 0 Å². The van der Waals surface area contributed by atoms with Crippen LogP contribution in [0.25, 0.3) is 38.9 Å². The molecule has 228 valence electrons. The van der Waals surface area contributed by atoms with Gasteiger partial charge in [-0.3, -0.25) is 14.2 Å². The van der Waals surface area contributed by atoms with Crippen molar-refractivity contribution in [2.45, 2.75) is 19.3 Å². The molecule has 0 saturated carbocycles. The third kappa shape index (κ3) is 6.03. The molecule has 0 radical (unpaired) electrons. The van der Waals surface area contributed by atoms with Gasteiger partial charge in [0.25, 0.3) is 0 Å². The van der Waals surface area contributed by atoms with Crippen molar-refractivity contribution in [1.82, 2.24) is 24.5 Å². The van der Waals surface area contributed by atoms with E-state index in [1.165, 1.54) is 24.6 Å². The van der Waals surface area contributed by atoms with Gasteiger partial charge >= 0.3 is 0 Å². The van der Waals surface area contributed by atoms with Gasteiger partial charge < -0.3 is 16.6 Å². The van der Waals surface area contributed by atoms with Gasteiger partial charge in [-0.05, 0) is 79.9 Å². The van der Waals surface area contributed by atoms with E-state index >= 15 is 0 Å². The number of hydrogen-bond acceptors (Lipinski definition) is 10. The molecule has 0 saturated heterocycles. The number of carbonyl (C=O) groups excluding carboxylic acids is 2. The molecule has 1 aliphatic rings. The van der Waals surface area contributed by atoms with E-state index in [0.717, 1.165) is 57.8 Å². The van der Waals surface area contributed by atoms with Crippen LogP contribution in [-0.4, -0.2) is 49.2 Å². The Morgan fingerprint density at radius 2 is 1.69 bits per heavy atom. The Hall–Kier alpha value is -5.40. The van der Waals surface area contributed by atoms with E-state index < -0.39 is 28.5 Å².